The Morgan fingerprint density at radius 1 is 1.43 bits per heavy atom. The molecular weight excluding hydrogens is 264 g/mol. The van der Waals surface area contributed by atoms with Crippen molar-refractivity contribution in [3.05, 3.63) is 35.4 Å². The van der Waals surface area contributed by atoms with E-state index < -0.39 is 0 Å². The van der Waals surface area contributed by atoms with Gasteiger partial charge in [0.1, 0.15) is 0 Å². The molecular formula is C17H26N2O2. The Balaban J connectivity index is 2.03. The van der Waals surface area contributed by atoms with Crippen LogP contribution in [-0.2, 0) is 11.2 Å². The molecule has 1 saturated carbocycles. The monoisotopic (exact) mass is 290 g/mol. The van der Waals surface area contributed by atoms with Crippen molar-refractivity contribution in [3.63, 3.8) is 0 Å². The second-order valence-corrected chi connectivity index (χ2v) is 6.22. The Morgan fingerprint density at radius 2 is 2.14 bits per heavy atom. The molecule has 116 valence electrons. The summed E-state index contributed by atoms with van der Waals surface area (Å²) in [5.41, 5.74) is 7.34. The van der Waals surface area contributed by atoms with Crippen LogP contribution in [0.4, 0.5) is 0 Å². The van der Waals surface area contributed by atoms with Crippen LogP contribution in [0.25, 0.3) is 0 Å². The second kappa shape index (κ2) is 6.58. The molecule has 2 rings (SSSR count). The number of carbonyl (C=O) groups excluding carboxylic acids is 1. The third-order valence-electron chi connectivity index (χ3n) is 4.53. The van der Waals surface area contributed by atoms with Gasteiger partial charge in [-0.3, -0.25) is 4.79 Å². The first-order chi connectivity index (χ1) is 10.0. The number of hydrogen-bond acceptors (Lipinski definition) is 3. The van der Waals surface area contributed by atoms with Gasteiger partial charge in [-0.2, -0.15) is 0 Å². The van der Waals surface area contributed by atoms with E-state index in [0.717, 1.165) is 24.0 Å². The number of nitrogens with one attached hydrogen (secondary N) is 1. The smallest absolute Gasteiger partial charge is 0.251 e. The molecule has 0 bridgehead atoms. The molecule has 4 nitrogen and oxygen atoms in total. The Bertz CT molecular complexity index is 499. The lowest BCUT2D eigenvalue weighted by Gasteiger charge is -2.51. The molecule has 0 saturated heterocycles. The van der Waals surface area contributed by atoms with Crippen molar-refractivity contribution in [2.24, 2.45) is 11.1 Å². The molecule has 0 heterocycles. The summed E-state index contributed by atoms with van der Waals surface area (Å²) < 4.78 is 5.71. The minimum atomic E-state index is -0.0194. The van der Waals surface area contributed by atoms with E-state index in [2.05, 4.69) is 19.2 Å². The molecule has 0 aliphatic heterocycles. The summed E-state index contributed by atoms with van der Waals surface area (Å²) in [6.07, 6.45) is 1.83. The highest BCUT2D eigenvalue weighted by atomic mass is 16.5. The van der Waals surface area contributed by atoms with Crippen LogP contribution >= 0.6 is 0 Å². The fourth-order valence-corrected chi connectivity index (χ4v) is 2.97. The van der Waals surface area contributed by atoms with Crippen molar-refractivity contribution >= 4 is 5.91 Å². The lowest BCUT2D eigenvalue weighted by atomic mass is 9.64. The quantitative estimate of drug-likeness (QED) is 0.843. The van der Waals surface area contributed by atoms with E-state index in [-0.39, 0.29) is 23.5 Å². The van der Waals surface area contributed by atoms with Crippen molar-refractivity contribution < 1.29 is 9.53 Å². The summed E-state index contributed by atoms with van der Waals surface area (Å²) in [6, 6.07) is 7.83. The summed E-state index contributed by atoms with van der Waals surface area (Å²) in [4.78, 5) is 12.5. The van der Waals surface area contributed by atoms with Gasteiger partial charge in [0.2, 0.25) is 0 Å². The molecule has 1 aromatic rings. The summed E-state index contributed by atoms with van der Waals surface area (Å²) in [5.74, 6) is -0.00734. The Kier molecular flexibility index (Phi) is 5.01. The van der Waals surface area contributed by atoms with Crippen LogP contribution < -0.4 is 11.1 Å². The van der Waals surface area contributed by atoms with Crippen LogP contribution in [0.5, 0.6) is 0 Å². The highest BCUT2D eigenvalue weighted by Crippen LogP contribution is 2.42. The van der Waals surface area contributed by atoms with Gasteiger partial charge in [0.25, 0.3) is 5.91 Å². The molecule has 1 fully saturated rings. The van der Waals surface area contributed by atoms with Gasteiger partial charge in [-0.25, -0.2) is 0 Å². The molecule has 1 aliphatic rings. The number of carbonyl (C=O) groups is 1. The van der Waals surface area contributed by atoms with Gasteiger partial charge in [-0.15, -0.1) is 0 Å². The predicted molar refractivity (Wildman–Crippen MR) is 84.3 cm³/mol. The molecule has 2 unspecified atom stereocenters. The van der Waals surface area contributed by atoms with Crippen LogP contribution in [0.2, 0.25) is 0 Å². The number of hydrogen-bond donors (Lipinski definition) is 2. The molecule has 1 aliphatic carbocycles. The van der Waals surface area contributed by atoms with Gasteiger partial charge in [-0.05, 0) is 37.9 Å². The van der Waals surface area contributed by atoms with Gasteiger partial charge in [-0.1, -0.05) is 32.0 Å². The molecule has 0 radical (unpaired) electrons. The molecule has 0 aromatic heterocycles. The van der Waals surface area contributed by atoms with E-state index in [4.69, 9.17) is 10.5 Å². The Labute approximate surface area is 127 Å². The number of rotatable bonds is 6. The molecule has 0 spiro atoms. The van der Waals surface area contributed by atoms with Crippen LogP contribution in [0.3, 0.4) is 0 Å². The molecule has 1 amide bonds. The number of nitrogens with two attached hydrogens (primary N) is 1. The van der Waals surface area contributed by atoms with Gasteiger partial charge < -0.3 is 15.8 Å². The van der Waals surface area contributed by atoms with E-state index >= 15 is 0 Å². The van der Waals surface area contributed by atoms with E-state index in [1.807, 2.05) is 31.2 Å². The van der Waals surface area contributed by atoms with Gasteiger partial charge >= 0.3 is 0 Å². The van der Waals surface area contributed by atoms with E-state index in [0.29, 0.717) is 13.2 Å². The lowest BCUT2D eigenvalue weighted by Crippen LogP contribution is -2.62. The number of benzene rings is 1. The maximum Gasteiger partial charge on any atom is 0.251 e. The molecule has 3 N–H and O–H groups in total. The van der Waals surface area contributed by atoms with Crippen molar-refractivity contribution in [1.82, 2.24) is 5.32 Å². The molecule has 21 heavy (non-hydrogen) atoms. The van der Waals surface area contributed by atoms with Crippen LogP contribution in [0.1, 0.15) is 43.1 Å². The van der Waals surface area contributed by atoms with Crippen molar-refractivity contribution in [3.8, 4) is 0 Å². The largest absolute Gasteiger partial charge is 0.378 e. The zero-order chi connectivity index (χ0) is 15.5. The van der Waals surface area contributed by atoms with E-state index in [1.165, 1.54) is 0 Å². The zero-order valence-electron chi connectivity index (χ0n) is 13.2. The van der Waals surface area contributed by atoms with Gasteiger partial charge in [0, 0.05) is 23.6 Å². The van der Waals surface area contributed by atoms with Crippen molar-refractivity contribution in [2.75, 3.05) is 13.2 Å². The van der Waals surface area contributed by atoms with E-state index in [9.17, 15) is 4.79 Å². The number of ether oxygens (including phenoxy) is 1. The van der Waals surface area contributed by atoms with Crippen LogP contribution in [0, 0.1) is 5.41 Å². The fourth-order valence-electron chi connectivity index (χ4n) is 2.97. The first-order valence-electron chi connectivity index (χ1n) is 7.71. The first kappa shape index (κ1) is 16.0. The summed E-state index contributed by atoms with van der Waals surface area (Å²) >= 11 is 0. The fraction of sp³-hybridized carbons (Fsp3) is 0.588. The van der Waals surface area contributed by atoms with Gasteiger partial charge in [0.05, 0.1) is 6.10 Å². The second-order valence-electron chi connectivity index (χ2n) is 6.22. The first-order valence-corrected chi connectivity index (χ1v) is 7.71. The van der Waals surface area contributed by atoms with Crippen molar-refractivity contribution in [2.45, 2.75) is 45.8 Å². The maximum atomic E-state index is 12.5. The average Bonchev–Trinajstić information content (AvgIpc) is 2.47. The van der Waals surface area contributed by atoms with E-state index in [1.54, 1.807) is 0 Å². The minimum Gasteiger partial charge on any atom is -0.378 e. The highest BCUT2D eigenvalue weighted by Gasteiger charge is 2.49. The van der Waals surface area contributed by atoms with Crippen LogP contribution in [0.15, 0.2) is 24.3 Å². The highest BCUT2D eigenvalue weighted by molar-refractivity contribution is 5.96. The Morgan fingerprint density at radius 3 is 2.76 bits per heavy atom. The zero-order valence-corrected chi connectivity index (χ0v) is 13.2. The standard InChI is InChI=1S/C17H26N2O2/c1-4-21-15-11-14(17(15,2)3)19-16(20)13-8-6-5-7-12(13)9-10-18/h5-8,14-15H,4,9-11,18H2,1-3H3,(H,19,20). The summed E-state index contributed by atoms with van der Waals surface area (Å²) in [7, 11) is 0. The maximum absolute atomic E-state index is 12.5. The average molecular weight is 290 g/mol. The van der Waals surface area contributed by atoms with Crippen molar-refractivity contribution in [1.29, 1.82) is 0 Å². The van der Waals surface area contributed by atoms with Crippen LogP contribution in [-0.4, -0.2) is 31.2 Å². The lowest BCUT2D eigenvalue weighted by molar-refractivity contribution is -0.111. The Hall–Kier alpha value is -1.39. The third kappa shape index (κ3) is 3.27. The molecule has 4 heteroatoms. The summed E-state index contributed by atoms with van der Waals surface area (Å²) in [6.45, 7) is 7.56. The normalized spacial score (nSPS) is 23.4. The molecule has 1 aromatic carbocycles. The minimum absolute atomic E-state index is 0.00734. The van der Waals surface area contributed by atoms with Gasteiger partial charge in [0.15, 0.2) is 0 Å². The summed E-state index contributed by atoms with van der Waals surface area (Å²) in [5, 5.41) is 3.15. The molecule has 2 atom stereocenters. The number of amides is 1. The third-order valence-corrected chi connectivity index (χ3v) is 4.53. The SMILES string of the molecule is CCOC1CC(NC(=O)c2ccccc2CCN)C1(C)C. The predicted octanol–water partition coefficient (Wildman–Crippen LogP) is 2.12. The topological polar surface area (TPSA) is 64.3 Å².